The van der Waals surface area contributed by atoms with Gasteiger partial charge in [0.1, 0.15) is 0 Å². The monoisotopic (exact) mass is 264 g/mol. The molecule has 1 aliphatic carbocycles. The fourth-order valence-electron chi connectivity index (χ4n) is 2.18. The SMILES string of the molecule is N#Cc1ccc(C(Cl)OC2CCC(N)CC2)cc1. The van der Waals surface area contributed by atoms with Crippen molar-refractivity contribution in [2.24, 2.45) is 5.73 Å². The minimum absolute atomic E-state index is 0.197. The van der Waals surface area contributed by atoms with E-state index in [-0.39, 0.29) is 6.10 Å². The molecule has 1 unspecified atom stereocenters. The second kappa shape index (κ2) is 6.19. The highest BCUT2D eigenvalue weighted by Gasteiger charge is 2.22. The average molecular weight is 265 g/mol. The van der Waals surface area contributed by atoms with Gasteiger partial charge < -0.3 is 10.5 Å². The van der Waals surface area contributed by atoms with Crippen LogP contribution in [0.3, 0.4) is 0 Å². The fraction of sp³-hybridized carbons (Fsp3) is 0.500. The quantitative estimate of drug-likeness (QED) is 0.854. The van der Waals surface area contributed by atoms with Crippen LogP contribution in [0.15, 0.2) is 24.3 Å². The second-order valence-corrected chi connectivity index (χ2v) is 5.12. The first kappa shape index (κ1) is 13.4. The van der Waals surface area contributed by atoms with E-state index in [0.717, 1.165) is 31.2 Å². The van der Waals surface area contributed by atoms with Crippen molar-refractivity contribution in [3.63, 3.8) is 0 Å². The van der Waals surface area contributed by atoms with Gasteiger partial charge in [0.05, 0.1) is 17.7 Å². The predicted octanol–water partition coefficient (Wildman–Crippen LogP) is 3.08. The molecular formula is C14H17ClN2O. The summed E-state index contributed by atoms with van der Waals surface area (Å²) < 4.78 is 5.83. The normalized spacial score (nSPS) is 25.4. The number of ether oxygens (including phenoxy) is 1. The van der Waals surface area contributed by atoms with Gasteiger partial charge in [-0.25, -0.2) is 0 Å². The summed E-state index contributed by atoms with van der Waals surface area (Å²) in [5.74, 6) is 0. The molecule has 96 valence electrons. The van der Waals surface area contributed by atoms with E-state index in [1.54, 1.807) is 12.1 Å². The molecule has 1 aliphatic rings. The van der Waals surface area contributed by atoms with E-state index in [1.165, 1.54) is 0 Å². The summed E-state index contributed by atoms with van der Waals surface area (Å²) in [5, 5.41) is 8.73. The first-order valence-electron chi connectivity index (χ1n) is 6.24. The van der Waals surface area contributed by atoms with Crippen molar-refractivity contribution in [1.29, 1.82) is 5.26 Å². The average Bonchev–Trinajstić information content (AvgIpc) is 2.41. The molecule has 2 N–H and O–H groups in total. The summed E-state index contributed by atoms with van der Waals surface area (Å²) in [7, 11) is 0. The van der Waals surface area contributed by atoms with Crippen molar-refractivity contribution in [2.75, 3.05) is 0 Å². The van der Waals surface area contributed by atoms with Gasteiger partial charge in [0.15, 0.2) is 5.56 Å². The zero-order valence-corrected chi connectivity index (χ0v) is 10.9. The molecule has 0 radical (unpaired) electrons. The van der Waals surface area contributed by atoms with Crippen LogP contribution in [0.4, 0.5) is 0 Å². The second-order valence-electron chi connectivity index (χ2n) is 4.72. The first-order chi connectivity index (χ1) is 8.69. The first-order valence-corrected chi connectivity index (χ1v) is 6.68. The number of nitrogens with zero attached hydrogens (tertiary/aromatic N) is 1. The largest absolute Gasteiger partial charge is 0.355 e. The molecular weight excluding hydrogens is 248 g/mol. The lowest BCUT2D eigenvalue weighted by molar-refractivity contribution is 0.00498. The molecule has 3 nitrogen and oxygen atoms in total. The molecule has 18 heavy (non-hydrogen) atoms. The summed E-state index contributed by atoms with van der Waals surface area (Å²) in [4.78, 5) is 0. The molecule has 4 heteroatoms. The van der Waals surface area contributed by atoms with Crippen molar-refractivity contribution in [2.45, 2.75) is 43.4 Å². The highest BCUT2D eigenvalue weighted by atomic mass is 35.5. The zero-order valence-electron chi connectivity index (χ0n) is 10.2. The van der Waals surface area contributed by atoms with Crippen molar-refractivity contribution < 1.29 is 4.74 Å². The maximum atomic E-state index is 8.73. The molecule has 1 fully saturated rings. The Bertz CT molecular complexity index is 418. The van der Waals surface area contributed by atoms with Gasteiger partial charge in [0, 0.05) is 6.04 Å². The van der Waals surface area contributed by atoms with Crippen LogP contribution in [0.1, 0.15) is 42.4 Å². The van der Waals surface area contributed by atoms with Crippen molar-refractivity contribution >= 4 is 11.6 Å². The zero-order chi connectivity index (χ0) is 13.0. The van der Waals surface area contributed by atoms with Gasteiger partial charge in [-0.05, 0) is 43.4 Å². The van der Waals surface area contributed by atoms with Gasteiger partial charge in [0.2, 0.25) is 0 Å². The van der Waals surface area contributed by atoms with Crippen molar-refractivity contribution in [3.05, 3.63) is 35.4 Å². The minimum atomic E-state index is -0.447. The van der Waals surface area contributed by atoms with Gasteiger partial charge in [-0.15, -0.1) is 0 Å². The van der Waals surface area contributed by atoms with Crippen LogP contribution in [0.5, 0.6) is 0 Å². The van der Waals surface area contributed by atoms with E-state index in [0.29, 0.717) is 11.6 Å². The summed E-state index contributed by atoms with van der Waals surface area (Å²) in [5.41, 5.74) is 6.93. The number of benzene rings is 1. The smallest absolute Gasteiger partial charge is 0.157 e. The number of alkyl halides is 1. The highest BCUT2D eigenvalue weighted by molar-refractivity contribution is 6.19. The minimum Gasteiger partial charge on any atom is -0.355 e. The fourth-order valence-corrected chi connectivity index (χ4v) is 2.47. The lowest BCUT2D eigenvalue weighted by Crippen LogP contribution is -2.30. The Morgan fingerprint density at radius 2 is 1.83 bits per heavy atom. The summed E-state index contributed by atoms with van der Waals surface area (Å²) in [6.45, 7) is 0. The van der Waals surface area contributed by atoms with Crippen LogP contribution in [0.2, 0.25) is 0 Å². The third kappa shape index (κ3) is 3.46. The third-order valence-electron chi connectivity index (χ3n) is 3.33. The summed E-state index contributed by atoms with van der Waals surface area (Å²) >= 11 is 6.24. The van der Waals surface area contributed by atoms with Gasteiger partial charge >= 0.3 is 0 Å². The lowest BCUT2D eigenvalue weighted by atomic mass is 9.94. The Hall–Kier alpha value is -1.08. The van der Waals surface area contributed by atoms with E-state index < -0.39 is 5.56 Å². The lowest BCUT2D eigenvalue weighted by Gasteiger charge is -2.28. The Balaban J connectivity index is 1.91. The van der Waals surface area contributed by atoms with Crippen LogP contribution < -0.4 is 5.73 Å². The molecule has 0 amide bonds. The number of hydrogen-bond acceptors (Lipinski definition) is 3. The molecule has 0 spiro atoms. The Kier molecular flexibility index (Phi) is 4.60. The topological polar surface area (TPSA) is 59.0 Å². The van der Waals surface area contributed by atoms with Crippen LogP contribution >= 0.6 is 11.6 Å². The highest BCUT2D eigenvalue weighted by Crippen LogP contribution is 2.29. The Morgan fingerprint density at radius 1 is 1.22 bits per heavy atom. The molecule has 0 aliphatic heterocycles. The predicted molar refractivity (Wildman–Crippen MR) is 71.1 cm³/mol. The molecule has 1 saturated carbocycles. The maximum Gasteiger partial charge on any atom is 0.157 e. The molecule has 1 aromatic carbocycles. The maximum absolute atomic E-state index is 8.73. The van der Waals surface area contributed by atoms with Crippen LogP contribution in [-0.2, 0) is 4.74 Å². The Labute approximate surface area is 112 Å². The summed E-state index contributed by atoms with van der Waals surface area (Å²) in [6.07, 6.45) is 4.15. The number of nitriles is 1. The summed E-state index contributed by atoms with van der Waals surface area (Å²) in [6, 6.07) is 9.58. The van der Waals surface area contributed by atoms with E-state index in [2.05, 4.69) is 6.07 Å². The van der Waals surface area contributed by atoms with Crippen LogP contribution in [-0.4, -0.2) is 12.1 Å². The number of hydrogen-bond donors (Lipinski definition) is 1. The van der Waals surface area contributed by atoms with Gasteiger partial charge in [-0.3, -0.25) is 0 Å². The van der Waals surface area contributed by atoms with E-state index >= 15 is 0 Å². The third-order valence-corrected chi connectivity index (χ3v) is 3.69. The molecule has 1 aromatic rings. The van der Waals surface area contributed by atoms with E-state index in [9.17, 15) is 0 Å². The van der Waals surface area contributed by atoms with E-state index in [1.807, 2.05) is 12.1 Å². The molecule has 0 bridgehead atoms. The molecule has 1 atom stereocenters. The van der Waals surface area contributed by atoms with Gasteiger partial charge in [-0.2, -0.15) is 5.26 Å². The van der Waals surface area contributed by atoms with E-state index in [4.69, 9.17) is 27.3 Å². The van der Waals surface area contributed by atoms with Crippen molar-refractivity contribution in [1.82, 2.24) is 0 Å². The molecule has 0 saturated heterocycles. The Morgan fingerprint density at radius 3 is 2.39 bits per heavy atom. The molecule has 0 aromatic heterocycles. The molecule has 2 rings (SSSR count). The molecule has 0 heterocycles. The number of rotatable bonds is 3. The van der Waals surface area contributed by atoms with Gasteiger partial charge in [-0.1, -0.05) is 23.7 Å². The van der Waals surface area contributed by atoms with Crippen LogP contribution in [0.25, 0.3) is 0 Å². The van der Waals surface area contributed by atoms with Crippen molar-refractivity contribution in [3.8, 4) is 6.07 Å². The standard InChI is InChI=1S/C14H17ClN2O/c15-14(11-3-1-10(9-16)2-4-11)18-13-7-5-12(17)6-8-13/h1-4,12-14H,5-8,17H2. The van der Waals surface area contributed by atoms with Crippen LogP contribution in [0, 0.1) is 11.3 Å². The van der Waals surface area contributed by atoms with Gasteiger partial charge in [0.25, 0.3) is 0 Å². The number of nitrogens with two attached hydrogens (primary N) is 1. The number of halogens is 1.